The molecule has 0 amide bonds. The van der Waals surface area contributed by atoms with Crippen LogP contribution in [-0.2, 0) is 0 Å². The molecular weight excluding hydrogens is 204 g/mol. The Morgan fingerprint density at radius 1 is 1.55 bits per heavy atom. The van der Waals surface area contributed by atoms with Crippen molar-refractivity contribution in [3.05, 3.63) is 29.8 Å². The van der Waals surface area contributed by atoms with Crippen LogP contribution in [0.15, 0.2) is 24.3 Å². The monoisotopic (exact) mass is 210 g/mol. The highest BCUT2D eigenvalue weighted by molar-refractivity contribution is 9.09. The number of nitrogens with one attached hydrogen (secondary N) is 1. The maximum absolute atomic E-state index is 8.54. The smallest absolute Gasteiger partial charge is 0.0992 e. The maximum Gasteiger partial charge on any atom is 0.0992 e. The Bertz CT molecular complexity index is 278. The SMILES string of the molecule is N#Cc1cccc(NCBr)c1. The number of benzene rings is 1. The second-order valence-electron chi connectivity index (χ2n) is 2.00. The van der Waals surface area contributed by atoms with Crippen LogP contribution < -0.4 is 5.32 Å². The molecule has 0 aliphatic heterocycles. The van der Waals surface area contributed by atoms with E-state index in [1.54, 1.807) is 12.1 Å². The molecule has 1 aromatic carbocycles. The highest BCUT2D eigenvalue weighted by Crippen LogP contribution is 2.09. The second kappa shape index (κ2) is 3.99. The van der Waals surface area contributed by atoms with Crippen molar-refractivity contribution in [2.45, 2.75) is 0 Å². The summed E-state index contributed by atoms with van der Waals surface area (Å²) in [7, 11) is 0. The highest BCUT2D eigenvalue weighted by atomic mass is 79.9. The molecule has 0 aliphatic rings. The van der Waals surface area contributed by atoms with Crippen LogP contribution >= 0.6 is 15.9 Å². The second-order valence-corrected chi connectivity index (χ2v) is 2.56. The molecule has 0 heterocycles. The van der Waals surface area contributed by atoms with Gasteiger partial charge in [0.25, 0.3) is 0 Å². The fourth-order valence-corrected chi connectivity index (χ4v) is 1.10. The van der Waals surface area contributed by atoms with E-state index in [1.807, 2.05) is 12.1 Å². The average Bonchev–Trinajstić information content (AvgIpc) is 2.06. The molecule has 0 saturated heterocycles. The predicted octanol–water partition coefficient (Wildman–Crippen LogP) is 2.32. The Kier molecular flexibility index (Phi) is 2.94. The van der Waals surface area contributed by atoms with Crippen molar-refractivity contribution in [3.63, 3.8) is 0 Å². The largest absolute Gasteiger partial charge is 0.375 e. The topological polar surface area (TPSA) is 35.8 Å². The molecule has 11 heavy (non-hydrogen) atoms. The first-order valence-electron chi connectivity index (χ1n) is 3.17. The van der Waals surface area contributed by atoms with E-state index in [-0.39, 0.29) is 0 Å². The molecule has 0 unspecified atom stereocenters. The van der Waals surface area contributed by atoms with Crippen LogP contribution in [0.25, 0.3) is 0 Å². The molecule has 56 valence electrons. The van der Waals surface area contributed by atoms with Gasteiger partial charge in [0.15, 0.2) is 0 Å². The summed E-state index contributed by atoms with van der Waals surface area (Å²) in [4.78, 5) is 0. The fourth-order valence-electron chi connectivity index (χ4n) is 0.776. The minimum Gasteiger partial charge on any atom is -0.375 e. The van der Waals surface area contributed by atoms with Gasteiger partial charge in [0.2, 0.25) is 0 Å². The van der Waals surface area contributed by atoms with Crippen LogP contribution in [0.3, 0.4) is 0 Å². The highest BCUT2D eigenvalue weighted by Gasteiger charge is 1.91. The van der Waals surface area contributed by atoms with E-state index in [2.05, 4.69) is 27.3 Å². The van der Waals surface area contributed by atoms with Crippen molar-refractivity contribution in [2.75, 3.05) is 10.8 Å². The number of hydrogen-bond donors (Lipinski definition) is 1. The summed E-state index contributed by atoms with van der Waals surface area (Å²) in [6.07, 6.45) is 0. The van der Waals surface area contributed by atoms with E-state index in [0.717, 1.165) is 5.69 Å². The van der Waals surface area contributed by atoms with Crippen LogP contribution in [-0.4, -0.2) is 5.45 Å². The van der Waals surface area contributed by atoms with E-state index in [0.29, 0.717) is 11.0 Å². The first kappa shape index (κ1) is 8.09. The molecule has 0 aliphatic carbocycles. The molecule has 0 bridgehead atoms. The van der Waals surface area contributed by atoms with Gasteiger partial charge >= 0.3 is 0 Å². The standard InChI is InChI=1S/C8H7BrN2/c9-6-11-8-3-1-2-7(4-8)5-10/h1-4,11H,6H2. The maximum atomic E-state index is 8.54. The Labute approximate surface area is 74.0 Å². The van der Waals surface area contributed by atoms with E-state index in [1.165, 1.54) is 0 Å². The van der Waals surface area contributed by atoms with Gasteiger partial charge < -0.3 is 5.32 Å². The van der Waals surface area contributed by atoms with Gasteiger partial charge in [-0.2, -0.15) is 5.26 Å². The number of rotatable bonds is 2. The molecule has 0 atom stereocenters. The molecule has 0 saturated carbocycles. The van der Waals surface area contributed by atoms with Crippen LogP contribution in [0, 0.1) is 11.3 Å². The Morgan fingerprint density at radius 3 is 3.00 bits per heavy atom. The summed E-state index contributed by atoms with van der Waals surface area (Å²) in [5.74, 6) is 0. The summed E-state index contributed by atoms with van der Waals surface area (Å²) in [5.41, 5.74) is 2.33. The van der Waals surface area contributed by atoms with Crippen molar-refractivity contribution in [2.24, 2.45) is 0 Å². The number of nitrogens with zero attached hydrogens (tertiary/aromatic N) is 1. The zero-order valence-corrected chi connectivity index (χ0v) is 7.43. The van der Waals surface area contributed by atoms with Gasteiger partial charge in [-0.1, -0.05) is 22.0 Å². The van der Waals surface area contributed by atoms with Gasteiger partial charge in [-0.3, -0.25) is 0 Å². The Balaban J connectivity index is 2.85. The van der Waals surface area contributed by atoms with Crippen LogP contribution in [0.1, 0.15) is 5.56 Å². The average molecular weight is 211 g/mol. The Morgan fingerprint density at radius 2 is 2.36 bits per heavy atom. The molecule has 2 nitrogen and oxygen atoms in total. The number of anilines is 1. The molecular formula is C8H7BrN2. The summed E-state index contributed by atoms with van der Waals surface area (Å²) in [6, 6.07) is 9.42. The fraction of sp³-hybridized carbons (Fsp3) is 0.125. The van der Waals surface area contributed by atoms with Gasteiger partial charge in [0, 0.05) is 5.69 Å². The number of hydrogen-bond acceptors (Lipinski definition) is 2. The zero-order valence-electron chi connectivity index (χ0n) is 5.84. The first-order chi connectivity index (χ1) is 5.36. The molecule has 1 aromatic rings. The van der Waals surface area contributed by atoms with Crippen molar-refractivity contribution in [1.82, 2.24) is 0 Å². The lowest BCUT2D eigenvalue weighted by atomic mass is 10.2. The van der Waals surface area contributed by atoms with Crippen molar-refractivity contribution in [3.8, 4) is 6.07 Å². The van der Waals surface area contributed by atoms with Crippen molar-refractivity contribution >= 4 is 21.6 Å². The normalized spacial score (nSPS) is 8.73. The van der Waals surface area contributed by atoms with E-state index in [9.17, 15) is 0 Å². The van der Waals surface area contributed by atoms with Crippen LogP contribution in [0.4, 0.5) is 5.69 Å². The van der Waals surface area contributed by atoms with Gasteiger partial charge in [-0.05, 0) is 18.2 Å². The molecule has 3 heteroatoms. The summed E-state index contributed by atoms with van der Waals surface area (Å²) in [6.45, 7) is 0. The van der Waals surface area contributed by atoms with Crippen LogP contribution in [0.2, 0.25) is 0 Å². The molecule has 1 N–H and O–H groups in total. The molecule has 0 fully saturated rings. The van der Waals surface area contributed by atoms with Crippen molar-refractivity contribution < 1.29 is 0 Å². The molecule has 0 spiro atoms. The van der Waals surface area contributed by atoms with E-state index >= 15 is 0 Å². The first-order valence-corrected chi connectivity index (χ1v) is 4.29. The lowest BCUT2D eigenvalue weighted by Gasteiger charge is -2.00. The molecule has 0 aromatic heterocycles. The minimum atomic E-state index is 0.677. The van der Waals surface area contributed by atoms with Gasteiger partial charge in [0.05, 0.1) is 17.1 Å². The number of halogens is 1. The van der Waals surface area contributed by atoms with Crippen LogP contribution in [0.5, 0.6) is 0 Å². The minimum absolute atomic E-state index is 0.677. The summed E-state index contributed by atoms with van der Waals surface area (Å²) in [5, 5.41) is 11.6. The van der Waals surface area contributed by atoms with Gasteiger partial charge in [-0.15, -0.1) is 0 Å². The summed E-state index contributed by atoms with van der Waals surface area (Å²) >= 11 is 3.24. The molecule has 0 radical (unpaired) electrons. The predicted molar refractivity (Wildman–Crippen MR) is 48.6 cm³/mol. The van der Waals surface area contributed by atoms with E-state index < -0.39 is 0 Å². The summed E-state index contributed by atoms with van der Waals surface area (Å²) < 4.78 is 0. The number of nitriles is 1. The lowest BCUT2D eigenvalue weighted by Crippen LogP contribution is -1.93. The third-order valence-corrected chi connectivity index (χ3v) is 1.54. The van der Waals surface area contributed by atoms with Crippen molar-refractivity contribution in [1.29, 1.82) is 5.26 Å². The Hall–Kier alpha value is -1.01. The third kappa shape index (κ3) is 2.24. The molecule has 1 rings (SSSR count). The quantitative estimate of drug-likeness (QED) is 0.601. The van der Waals surface area contributed by atoms with Gasteiger partial charge in [-0.25, -0.2) is 0 Å². The van der Waals surface area contributed by atoms with Gasteiger partial charge in [0.1, 0.15) is 0 Å². The third-order valence-electron chi connectivity index (χ3n) is 1.26. The number of alkyl halides is 1. The zero-order chi connectivity index (χ0) is 8.10. The lowest BCUT2D eigenvalue weighted by molar-refractivity contribution is 1.44. The van der Waals surface area contributed by atoms with E-state index in [4.69, 9.17) is 5.26 Å².